The van der Waals surface area contributed by atoms with E-state index < -0.39 is 0 Å². The Kier molecular flexibility index (Phi) is 5.41. The maximum atomic E-state index is 5.75. The van der Waals surface area contributed by atoms with E-state index in [1.807, 2.05) is 61.5 Å². The lowest BCUT2D eigenvalue weighted by Crippen LogP contribution is -2.32. The van der Waals surface area contributed by atoms with Crippen molar-refractivity contribution in [1.29, 1.82) is 0 Å². The normalized spacial score (nSPS) is 11.9. The number of hydrogen-bond acceptors (Lipinski definition) is 4. The maximum Gasteiger partial charge on any atom is 0.124 e. The summed E-state index contributed by atoms with van der Waals surface area (Å²) in [6.45, 7) is 3.01. The Morgan fingerprint density at radius 2 is 1.70 bits per heavy atom. The first-order valence-electron chi connectivity index (χ1n) is 6.71. The smallest absolute Gasteiger partial charge is 0.124 e. The van der Waals surface area contributed by atoms with Crippen LogP contribution in [0.15, 0.2) is 54.6 Å². The van der Waals surface area contributed by atoms with Crippen LogP contribution in [0.25, 0.3) is 0 Å². The molecule has 4 heteroatoms. The lowest BCUT2D eigenvalue weighted by atomic mass is 10.1. The summed E-state index contributed by atoms with van der Waals surface area (Å²) in [6.07, 6.45) is 0. The second-order valence-corrected chi connectivity index (χ2v) is 4.31. The molecule has 2 aromatic carbocycles. The third-order valence-corrected chi connectivity index (χ3v) is 2.96. The number of nitrogens with two attached hydrogens (primary N) is 1. The molecule has 0 saturated heterocycles. The number of rotatable bonds is 7. The second kappa shape index (κ2) is 7.53. The number of nitrogens with one attached hydrogen (secondary N) is 1. The van der Waals surface area contributed by atoms with E-state index in [1.165, 1.54) is 0 Å². The molecule has 0 aliphatic carbocycles. The van der Waals surface area contributed by atoms with Crippen molar-refractivity contribution in [3.05, 3.63) is 60.2 Å². The van der Waals surface area contributed by atoms with Crippen LogP contribution in [-0.2, 0) is 0 Å². The topological polar surface area (TPSA) is 56.5 Å². The van der Waals surface area contributed by atoms with Crippen LogP contribution in [0.4, 0.5) is 0 Å². The number of para-hydroxylation sites is 2. The van der Waals surface area contributed by atoms with Gasteiger partial charge in [0, 0.05) is 5.56 Å². The minimum atomic E-state index is -0.127. The summed E-state index contributed by atoms with van der Waals surface area (Å²) >= 11 is 0. The Labute approximate surface area is 119 Å². The molecule has 0 bridgehead atoms. The molecule has 106 valence electrons. The fourth-order valence-corrected chi connectivity index (χ4v) is 1.98. The summed E-state index contributed by atoms with van der Waals surface area (Å²) in [4.78, 5) is 0. The molecule has 0 aliphatic heterocycles. The Morgan fingerprint density at radius 3 is 2.40 bits per heavy atom. The van der Waals surface area contributed by atoms with Gasteiger partial charge in [0.2, 0.25) is 0 Å². The molecule has 2 rings (SSSR count). The van der Waals surface area contributed by atoms with Gasteiger partial charge in [-0.05, 0) is 25.1 Å². The van der Waals surface area contributed by atoms with Gasteiger partial charge in [0.25, 0.3) is 0 Å². The minimum absolute atomic E-state index is 0.127. The standard InChI is InChI=1S/C16H20N2O2/c1-2-19-16-11-7-6-10-14(16)15(18-17)12-20-13-8-4-3-5-9-13/h3-11,15,18H,2,12,17H2,1H3. The molecule has 0 radical (unpaired) electrons. The quantitative estimate of drug-likeness (QED) is 0.601. The van der Waals surface area contributed by atoms with Crippen LogP contribution in [0.5, 0.6) is 11.5 Å². The zero-order valence-corrected chi connectivity index (χ0v) is 11.6. The molecule has 4 nitrogen and oxygen atoms in total. The van der Waals surface area contributed by atoms with Crippen molar-refractivity contribution >= 4 is 0 Å². The predicted molar refractivity (Wildman–Crippen MR) is 79.6 cm³/mol. The summed E-state index contributed by atoms with van der Waals surface area (Å²) in [6, 6.07) is 17.4. The molecular weight excluding hydrogens is 252 g/mol. The van der Waals surface area contributed by atoms with Crippen molar-refractivity contribution in [2.75, 3.05) is 13.2 Å². The molecule has 0 spiro atoms. The Balaban J connectivity index is 2.08. The molecule has 1 atom stereocenters. The molecule has 2 aromatic rings. The van der Waals surface area contributed by atoms with Crippen LogP contribution in [0.2, 0.25) is 0 Å². The maximum absolute atomic E-state index is 5.75. The van der Waals surface area contributed by atoms with Crippen molar-refractivity contribution in [3.63, 3.8) is 0 Å². The van der Waals surface area contributed by atoms with Crippen LogP contribution in [-0.4, -0.2) is 13.2 Å². The molecule has 0 aromatic heterocycles. The fraction of sp³-hybridized carbons (Fsp3) is 0.250. The molecule has 0 saturated carbocycles. The third-order valence-electron chi connectivity index (χ3n) is 2.96. The zero-order chi connectivity index (χ0) is 14.2. The summed E-state index contributed by atoms with van der Waals surface area (Å²) in [5.74, 6) is 7.30. The highest BCUT2D eigenvalue weighted by atomic mass is 16.5. The number of hydrazine groups is 1. The molecule has 0 heterocycles. The predicted octanol–water partition coefficient (Wildman–Crippen LogP) is 2.67. The first-order chi connectivity index (χ1) is 9.85. The van der Waals surface area contributed by atoms with Gasteiger partial charge in [-0.3, -0.25) is 5.84 Å². The highest BCUT2D eigenvalue weighted by molar-refractivity contribution is 5.36. The number of hydrogen-bond donors (Lipinski definition) is 2. The molecule has 0 amide bonds. The van der Waals surface area contributed by atoms with Gasteiger partial charge in [-0.2, -0.15) is 0 Å². The van der Waals surface area contributed by atoms with Crippen molar-refractivity contribution in [1.82, 2.24) is 5.43 Å². The van der Waals surface area contributed by atoms with Gasteiger partial charge in [0.1, 0.15) is 18.1 Å². The first kappa shape index (κ1) is 14.4. The van der Waals surface area contributed by atoms with E-state index in [9.17, 15) is 0 Å². The zero-order valence-electron chi connectivity index (χ0n) is 11.6. The SMILES string of the molecule is CCOc1ccccc1C(COc1ccccc1)NN. The number of benzene rings is 2. The first-order valence-corrected chi connectivity index (χ1v) is 6.71. The van der Waals surface area contributed by atoms with E-state index in [-0.39, 0.29) is 6.04 Å². The summed E-state index contributed by atoms with van der Waals surface area (Å²) in [5.41, 5.74) is 3.78. The van der Waals surface area contributed by atoms with Crippen LogP contribution >= 0.6 is 0 Å². The Morgan fingerprint density at radius 1 is 1.00 bits per heavy atom. The Hall–Kier alpha value is -2.04. The lowest BCUT2D eigenvalue weighted by Gasteiger charge is -2.20. The third kappa shape index (κ3) is 3.73. The van der Waals surface area contributed by atoms with E-state index >= 15 is 0 Å². The van der Waals surface area contributed by atoms with Gasteiger partial charge >= 0.3 is 0 Å². The average molecular weight is 272 g/mol. The van der Waals surface area contributed by atoms with Gasteiger partial charge in [-0.15, -0.1) is 0 Å². The van der Waals surface area contributed by atoms with Gasteiger partial charge < -0.3 is 9.47 Å². The molecule has 1 unspecified atom stereocenters. The van der Waals surface area contributed by atoms with Gasteiger partial charge in [0.15, 0.2) is 0 Å². The van der Waals surface area contributed by atoms with Crippen LogP contribution in [0, 0.1) is 0 Å². The van der Waals surface area contributed by atoms with Crippen LogP contribution < -0.4 is 20.7 Å². The largest absolute Gasteiger partial charge is 0.494 e. The molecule has 20 heavy (non-hydrogen) atoms. The Bertz CT molecular complexity index is 517. The van der Waals surface area contributed by atoms with E-state index in [0.717, 1.165) is 17.1 Å². The van der Waals surface area contributed by atoms with E-state index in [1.54, 1.807) is 0 Å². The summed E-state index contributed by atoms with van der Waals surface area (Å²) < 4.78 is 11.4. The van der Waals surface area contributed by atoms with Crippen LogP contribution in [0.1, 0.15) is 18.5 Å². The van der Waals surface area contributed by atoms with Gasteiger partial charge in [-0.25, -0.2) is 5.43 Å². The summed E-state index contributed by atoms with van der Waals surface area (Å²) in [7, 11) is 0. The van der Waals surface area contributed by atoms with Crippen molar-refractivity contribution in [3.8, 4) is 11.5 Å². The number of ether oxygens (including phenoxy) is 2. The fourth-order valence-electron chi connectivity index (χ4n) is 1.98. The highest BCUT2D eigenvalue weighted by Crippen LogP contribution is 2.25. The van der Waals surface area contributed by atoms with E-state index in [0.29, 0.717) is 13.2 Å². The van der Waals surface area contributed by atoms with E-state index in [2.05, 4.69) is 5.43 Å². The molecule has 0 fully saturated rings. The van der Waals surface area contributed by atoms with Gasteiger partial charge in [-0.1, -0.05) is 36.4 Å². The highest BCUT2D eigenvalue weighted by Gasteiger charge is 2.15. The monoisotopic (exact) mass is 272 g/mol. The molecule has 3 N–H and O–H groups in total. The lowest BCUT2D eigenvalue weighted by molar-refractivity contribution is 0.260. The second-order valence-electron chi connectivity index (χ2n) is 4.31. The summed E-state index contributed by atoms with van der Waals surface area (Å²) in [5, 5.41) is 0. The van der Waals surface area contributed by atoms with Crippen LogP contribution in [0.3, 0.4) is 0 Å². The van der Waals surface area contributed by atoms with Crippen molar-refractivity contribution in [2.45, 2.75) is 13.0 Å². The van der Waals surface area contributed by atoms with Crippen molar-refractivity contribution in [2.24, 2.45) is 5.84 Å². The van der Waals surface area contributed by atoms with Crippen molar-refractivity contribution < 1.29 is 9.47 Å². The molecule has 0 aliphatic rings. The van der Waals surface area contributed by atoms with Gasteiger partial charge in [0.05, 0.1) is 12.6 Å². The van der Waals surface area contributed by atoms with E-state index in [4.69, 9.17) is 15.3 Å². The minimum Gasteiger partial charge on any atom is -0.494 e. The average Bonchev–Trinajstić information content (AvgIpc) is 2.51. The molecular formula is C16H20N2O2.